The average Bonchev–Trinajstić information content (AvgIpc) is 2.98. The van der Waals surface area contributed by atoms with Gasteiger partial charge in [-0.15, -0.1) is 82.6 Å². The number of unbranched alkanes of at least 4 members (excludes halogenated alkanes) is 4. The average molecular weight is 515 g/mol. The fraction of sp³-hybridized carbons (Fsp3) is 0.316. The number of hydrogen-bond donors (Lipinski definition) is 0. The van der Waals surface area contributed by atoms with E-state index < -0.39 is 0 Å². The molecule has 0 saturated carbocycles. The molecule has 0 aromatic heterocycles. The molecule has 0 unspecified atom stereocenters. The van der Waals surface area contributed by atoms with Crippen molar-refractivity contribution in [3.05, 3.63) is 154 Å². The second-order valence-corrected chi connectivity index (χ2v) is 10.5. The molecule has 4 aromatic rings. The summed E-state index contributed by atoms with van der Waals surface area (Å²) < 4.78 is 0. The van der Waals surface area contributed by atoms with Crippen LogP contribution >= 0.6 is 0 Å². The minimum absolute atomic E-state index is 0. The Morgan fingerprint density at radius 3 is 1.05 bits per heavy atom. The van der Waals surface area contributed by atoms with Crippen molar-refractivity contribution in [2.75, 3.05) is 0 Å². The van der Waals surface area contributed by atoms with Gasteiger partial charge in [-0.05, 0) is 12.8 Å². The third-order valence-corrected chi connectivity index (χ3v) is 7.61. The number of hydrogen-bond acceptors (Lipinski definition) is 0. The quantitative estimate of drug-likeness (QED) is 0.124. The summed E-state index contributed by atoms with van der Waals surface area (Å²) in [5.41, 5.74) is 8.28. The van der Waals surface area contributed by atoms with Crippen LogP contribution in [0, 0.1) is 11.8 Å². The van der Waals surface area contributed by atoms with Gasteiger partial charge in [0, 0.05) is 0 Å². The summed E-state index contributed by atoms with van der Waals surface area (Å²) in [7, 11) is 0. The molecule has 0 radical (unpaired) electrons. The van der Waals surface area contributed by atoms with E-state index in [9.17, 15) is 0 Å². The summed E-state index contributed by atoms with van der Waals surface area (Å²) in [5.74, 6) is 2.95. The van der Waals surface area contributed by atoms with Crippen molar-refractivity contribution in [2.24, 2.45) is 0 Å². The molecule has 0 heterocycles. The molecule has 0 amide bonds. The van der Waals surface area contributed by atoms with Crippen molar-refractivity contribution in [2.45, 2.75) is 78.1 Å². The molecule has 0 bridgehead atoms. The van der Waals surface area contributed by atoms with Gasteiger partial charge in [0.15, 0.2) is 0 Å². The van der Waals surface area contributed by atoms with E-state index in [1.165, 1.54) is 83.7 Å². The Labute approximate surface area is 268 Å². The molecule has 0 fully saturated rings. The van der Waals surface area contributed by atoms with E-state index in [-0.39, 0.29) is 37.7 Å². The monoisotopic (exact) mass is 514 g/mol. The van der Waals surface area contributed by atoms with E-state index in [4.69, 9.17) is 0 Å². The first-order chi connectivity index (χ1) is 18.8. The van der Waals surface area contributed by atoms with Crippen LogP contribution in [0.15, 0.2) is 109 Å². The first-order valence-electron chi connectivity index (χ1n) is 14.8. The zero-order valence-corrected chi connectivity index (χ0v) is 25.5. The van der Waals surface area contributed by atoms with Gasteiger partial charge in [0.05, 0.1) is 0 Å². The summed E-state index contributed by atoms with van der Waals surface area (Å²) >= 11 is 0. The predicted octanol–water partition coefficient (Wildman–Crippen LogP) is 4.58. The van der Waals surface area contributed by atoms with Gasteiger partial charge in [0.2, 0.25) is 0 Å². The molecule has 0 atom stereocenters. The molecule has 0 N–H and O–H groups in total. The van der Waals surface area contributed by atoms with E-state index in [0.717, 1.165) is 25.7 Å². The topological polar surface area (TPSA) is 0 Å². The largest absolute Gasteiger partial charge is 1.00 e. The summed E-state index contributed by atoms with van der Waals surface area (Å²) in [6.07, 6.45) is 12.0. The first-order valence-corrected chi connectivity index (χ1v) is 14.8. The minimum atomic E-state index is 0. The Morgan fingerprint density at radius 2 is 0.725 bits per heavy atom. The van der Waals surface area contributed by atoms with Crippen LogP contribution in [0.1, 0.15) is 98.6 Å². The molecule has 40 heavy (non-hydrogen) atoms. The Morgan fingerprint density at radius 1 is 0.400 bits per heavy atom. The van der Waals surface area contributed by atoms with Crippen LogP contribution in [0.4, 0.5) is 0 Å². The summed E-state index contributed by atoms with van der Waals surface area (Å²) in [4.78, 5) is 0. The maximum Gasteiger partial charge on any atom is 1.00 e. The van der Waals surface area contributed by atoms with Crippen molar-refractivity contribution in [3.63, 3.8) is 0 Å². The molecule has 0 aliphatic carbocycles. The summed E-state index contributed by atoms with van der Waals surface area (Å²) in [5, 5.41) is 0. The van der Waals surface area contributed by atoms with E-state index >= 15 is 0 Å². The van der Waals surface area contributed by atoms with Crippen molar-refractivity contribution in [3.8, 4) is 0 Å². The van der Waals surface area contributed by atoms with Crippen molar-refractivity contribution >= 4 is 0 Å². The van der Waals surface area contributed by atoms with Crippen LogP contribution in [-0.2, 0) is 12.8 Å². The second-order valence-electron chi connectivity index (χ2n) is 10.5. The van der Waals surface area contributed by atoms with E-state index in [2.05, 4.69) is 123 Å². The zero-order chi connectivity index (χ0) is 26.4. The molecule has 4 rings (SSSR count). The van der Waals surface area contributed by atoms with Crippen LogP contribution in [-0.4, -0.2) is 0 Å². The number of rotatable bonds is 15. The Kier molecular flexibility index (Phi) is 16.2. The van der Waals surface area contributed by atoms with Gasteiger partial charge in [-0.1, -0.05) is 137 Å². The fourth-order valence-electron chi connectivity index (χ4n) is 5.33. The predicted molar refractivity (Wildman–Crippen MR) is 164 cm³/mol. The molecule has 0 aliphatic rings. The maximum absolute atomic E-state index is 2.34. The second kappa shape index (κ2) is 19.0. The molecule has 0 nitrogen and oxygen atoms in total. The normalized spacial score (nSPS) is 10.3. The SMILES string of the molecule is CCCCC[C-](c1ccccc1)c1ccc(CCc2ccc([C-](CCCCC)c3ccccc3)cc2)cc1.[Li+].[Li+]. The van der Waals surface area contributed by atoms with E-state index in [0.29, 0.717) is 0 Å². The molecule has 0 spiro atoms. The first kappa shape index (κ1) is 34.0. The Balaban J connectivity index is 0.00000280. The fourth-order valence-corrected chi connectivity index (χ4v) is 5.33. The van der Waals surface area contributed by atoms with Crippen LogP contribution in [0.3, 0.4) is 0 Å². The molecule has 2 heteroatoms. The molecule has 0 aliphatic heterocycles. The van der Waals surface area contributed by atoms with Crippen molar-refractivity contribution in [1.29, 1.82) is 0 Å². The van der Waals surface area contributed by atoms with Gasteiger partial charge in [-0.25, -0.2) is 0 Å². The van der Waals surface area contributed by atoms with Gasteiger partial charge in [0.25, 0.3) is 0 Å². The van der Waals surface area contributed by atoms with Gasteiger partial charge < -0.3 is 0 Å². The molecule has 0 saturated heterocycles. The zero-order valence-electron chi connectivity index (χ0n) is 25.5. The number of benzene rings is 4. The van der Waals surface area contributed by atoms with Gasteiger partial charge in [-0.3, -0.25) is 0 Å². The number of aryl methyl sites for hydroxylation is 2. The summed E-state index contributed by atoms with van der Waals surface area (Å²) in [6.45, 7) is 4.55. The molecule has 198 valence electrons. The van der Waals surface area contributed by atoms with E-state index in [1.54, 1.807) is 0 Å². The Bertz CT molecular complexity index is 1070. The molecule has 4 aromatic carbocycles. The Hall–Kier alpha value is -2.19. The van der Waals surface area contributed by atoms with Crippen LogP contribution in [0.5, 0.6) is 0 Å². The molecular weight excluding hydrogens is 470 g/mol. The van der Waals surface area contributed by atoms with Gasteiger partial charge >= 0.3 is 37.7 Å². The smallest absolute Gasteiger partial charge is 0.120 e. The third kappa shape index (κ3) is 10.3. The third-order valence-electron chi connectivity index (χ3n) is 7.61. The van der Waals surface area contributed by atoms with Crippen molar-refractivity contribution < 1.29 is 37.7 Å². The summed E-state index contributed by atoms with van der Waals surface area (Å²) in [6, 6.07) is 40.5. The molecular formula is C38H44Li2. The van der Waals surface area contributed by atoms with Crippen LogP contribution in [0.2, 0.25) is 0 Å². The van der Waals surface area contributed by atoms with Crippen LogP contribution in [0.25, 0.3) is 0 Å². The van der Waals surface area contributed by atoms with Gasteiger partial charge in [0.1, 0.15) is 0 Å². The maximum atomic E-state index is 2.34. The standard InChI is InChI=1S/C38H44.2Li/c1-3-5-9-19-37(33-15-11-7-12-16-33)35-27-23-31(24-28-35)21-22-32-25-29-36(30-26-32)38(20-10-6-4-2)34-17-13-8-14-18-34;;/h7-8,11-18,23-30H,3-6,9-10,19-22H2,1-2H3;;/q-2;2*+1. The van der Waals surface area contributed by atoms with Crippen LogP contribution < -0.4 is 37.7 Å². The van der Waals surface area contributed by atoms with Gasteiger partial charge in [-0.2, -0.15) is 0 Å². The van der Waals surface area contributed by atoms with Crippen molar-refractivity contribution in [1.82, 2.24) is 0 Å². The van der Waals surface area contributed by atoms with E-state index in [1.807, 2.05) is 0 Å². The minimum Gasteiger partial charge on any atom is -0.120 e.